The molecule has 1 aromatic carbocycles. The van der Waals surface area contributed by atoms with E-state index in [1.165, 1.54) is 20.3 Å². The molecule has 4 heteroatoms. The molecule has 0 aliphatic carbocycles. The molecule has 0 spiro atoms. The van der Waals surface area contributed by atoms with Gasteiger partial charge in [-0.15, -0.1) is 0 Å². The molecule has 0 fully saturated rings. The van der Waals surface area contributed by atoms with E-state index in [9.17, 15) is 8.78 Å². The lowest BCUT2D eigenvalue weighted by molar-refractivity contribution is 0.176. The molecule has 1 aromatic rings. The Bertz CT molecular complexity index is 302. The minimum Gasteiger partial charge on any atom is -0.494 e. The first kappa shape index (κ1) is 18.2. The van der Waals surface area contributed by atoms with Gasteiger partial charge >= 0.3 is 0 Å². The topological polar surface area (TPSA) is 18.5 Å². The highest BCUT2D eigenvalue weighted by Crippen LogP contribution is 2.23. The van der Waals surface area contributed by atoms with E-state index < -0.39 is 11.6 Å². The molecule has 1 rings (SSSR count). The highest BCUT2D eigenvalue weighted by molar-refractivity contribution is 5.31. The molecule has 0 aliphatic rings. The van der Waals surface area contributed by atoms with Crippen LogP contribution in [0.1, 0.15) is 33.3 Å². The Morgan fingerprint density at radius 2 is 1.53 bits per heavy atom. The largest absolute Gasteiger partial charge is 0.494 e. The molecule has 0 unspecified atom stereocenters. The minimum atomic E-state index is -0.704. The SMILES string of the molecule is CC.CC.COCc1c(F)ccc(OC)c1F. The van der Waals surface area contributed by atoms with E-state index in [2.05, 4.69) is 9.47 Å². The van der Waals surface area contributed by atoms with Gasteiger partial charge in [-0.25, -0.2) is 8.78 Å². The van der Waals surface area contributed by atoms with Crippen molar-refractivity contribution in [3.05, 3.63) is 29.3 Å². The third-order valence-corrected chi connectivity index (χ3v) is 1.66. The van der Waals surface area contributed by atoms with Crippen molar-refractivity contribution in [2.24, 2.45) is 0 Å². The van der Waals surface area contributed by atoms with E-state index in [0.717, 1.165) is 6.07 Å². The lowest BCUT2D eigenvalue weighted by Crippen LogP contribution is -2.00. The monoisotopic (exact) mass is 248 g/mol. The van der Waals surface area contributed by atoms with Gasteiger partial charge in [0, 0.05) is 7.11 Å². The van der Waals surface area contributed by atoms with Crippen LogP contribution in [0.3, 0.4) is 0 Å². The molecular weight excluding hydrogens is 226 g/mol. The highest BCUT2D eigenvalue weighted by Gasteiger charge is 2.13. The van der Waals surface area contributed by atoms with Crippen molar-refractivity contribution >= 4 is 0 Å². The fourth-order valence-electron chi connectivity index (χ4n) is 1.01. The number of hydrogen-bond acceptors (Lipinski definition) is 2. The fraction of sp³-hybridized carbons (Fsp3) is 0.538. The van der Waals surface area contributed by atoms with Crippen molar-refractivity contribution in [2.75, 3.05) is 14.2 Å². The zero-order valence-corrected chi connectivity index (χ0v) is 11.4. The smallest absolute Gasteiger partial charge is 0.173 e. The van der Waals surface area contributed by atoms with E-state index in [1.807, 2.05) is 27.7 Å². The second-order valence-electron chi connectivity index (χ2n) is 2.48. The van der Waals surface area contributed by atoms with Gasteiger partial charge in [0.25, 0.3) is 0 Å². The van der Waals surface area contributed by atoms with Crippen LogP contribution < -0.4 is 4.74 Å². The second kappa shape index (κ2) is 11.3. The van der Waals surface area contributed by atoms with Crippen molar-refractivity contribution in [3.8, 4) is 5.75 Å². The molecule has 0 N–H and O–H groups in total. The molecule has 2 nitrogen and oxygen atoms in total. The summed E-state index contributed by atoms with van der Waals surface area (Å²) in [5.74, 6) is -1.31. The third kappa shape index (κ3) is 5.63. The van der Waals surface area contributed by atoms with Gasteiger partial charge in [0.15, 0.2) is 11.6 Å². The predicted octanol–water partition coefficient (Wildman–Crippen LogP) is 4.17. The standard InChI is InChI=1S/C9H10F2O2.2C2H6/c1-12-5-6-7(10)3-4-8(13-2)9(6)11;2*1-2/h3-4H,5H2,1-2H3;2*1-2H3. The molecule has 0 heterocycles. The molecule has 100 valence electrons. The lowest BCUT2D eigenvalue weighted by atomic mass is 10.2. The Morgan fingerprint density at radius 3 is 1.94 bits per heavy atom. The normalized spacial score (nSPS) is 8.47. The van der Waals surface area contributed by atoms with Gasteiger partial charge in [-0.1, -0.05) is 27.7 Å². The number of rotatable bonds is 3. The third-order valence-electron chi connectivity index (χ3n) is 1.66. The Morgan fingerprint density at radius 1 is 1.00 bits per heavy atom. The van der Waals surface area contributed by atoms with Crippen molar-refractivity contribution in [1.82, 2.24) is 0 Å². The summed E-state index contributed by atoms with van der Waals surface area (Å²) in [5, 5.41) is 0. The number of benzene rings is 1. The quantitative estimate of drug-likeness (QED) is 0.799. The molecule has 0 aromatic heterocycles. The summed E-state index contributed by atoms with van der Waals surface area (Å²) in [4.78, 5) is 0. The summed E-state index contributed by atoms with van der Waals surface area (Å²) < 4.78 is 35.6. The molecule has 0 aliphatic heterocycles. The average Bonchev–Trinajstić information content (AvgIpc) is 2.39. The van der Waals surface area contributed by atoms with Gasteiger partial charge in [-0.2, -0.15) is 0 Å². The molecule has 0 atom stereocenters. The molecule has 0 radical (unpaired) electrons. The van der Waals surface area contributed by atoms with Crippen LogP contribution in [0.25, 0.3) is 0 Å². The molecule has 0 saturated carbocycles. The summed E-state index contributed by atoms with van der Waals surface area (Å²) in [6.45, 7) is 7.90. The van der Waals surface area contributed by atoms with Gasteiger partial charge < -0.3 is 9.47 Å². The molecule has 17 heavy (non-hydrogen) atoms. The van der Waals surface area contributed by atoms with E-state index in [1.54, 1.807) is 0 Å². The van der Waals surface area contributed by atoms with Crippen molar-refractivity contribution < 1.29 is 18.3 Å². The van der Waals surface area contributed by atoms with E-state index >= 15 is 0 Å². The van der Waals surface area contributed by atoms with E-state index in [4.69, 9.17) is 0 Å². The lowest BCUT2D eigenvalue weighted by Gasteiger charge is -2.07. The Labute approximate surface area is 103 Å². The van der Waals surface area contributed by atoms with Gasteiger partial charge in [0.1, 0.15) is 5.82 Å². The first-order chi connectivity index (χ1) is 8.20. The summed E-state index contributed by atoms with van der Waals surface area (Å²) >= 11 is 0. The molecule has 0 amide bonds. The van der Waals surface area contributed by atoms with Crippen LogP contribution >= 0.6 is 0 Å². The Kier molecular flexibility index (Phi) is 12.1. The maximum atomic E-state index is 13.3. The predicted molar refractivity (Wildman–Crippen MR) is 66.3 cm³/mol. The van der Waals surface area contributed by atoms with Crippen LogP contribution in [0.2, 0.25) is 0 Å². The Balaban J connectivity index is 0. The minimum absolute atomic E-state index is 0.0217. The summed E-state index contributed by atoms with van der Waals surface area (Å²) in [7, 11) is 2.70. The van der Waals surface area contributed by atoms with Crippen LogP contribution in [0.15, 0.2) is 12.1 Å². The van der Waals surface area contributed by atoms with Crippen LogP contribution in [-0.4, -0.2) is 14.2 Å². The van der Waals surface area contributed by atoms with Crippen LogP contribution in [0.5, 0.6) is 5.75 Å². The number of methoxy groups -OCH3 is 2. The number of halogens is 2. The number of ether oxygens (including phenoxy) is 2. The van der Waals surface area contributed by atoms with Gasteiger partial charge in [-0.3, -0.25) is 0 Å². The zero-order chi connectivity index (χ0) is 13.8. The van der Waals surface area contributed by atoms with Crippen molar-refractivity contribution in [1.29, 1.82) is 0 Å². The maximum absolute atomic E-state index is 13.3. The molecule has 0 bridgehead atoms. The Hall–Kier alpha value is -1.16. The van der Waals surface area contributed by atoms with Crippen LogP contribution in [0, 0.1) is 11.6 Å². The summed E-state index contributed by atoms with van der Waals surface area (Å²) in [6, 6.07) is 2.39. The van der Waals surface area contributed by atoms with E-state index in [0.29, 0.717) is 0 Å². The van der Waals surface area contributed by atoms with Gasteiger partial charge in [0.2, 0.25) is 0 Å². The molecule has 0 saturated heterocycles. The second-order valence-corrected chi connectivity index (χ2v) is 2.48. The zero-order valence-electron chi connectivity index (χ0n) is 11.4. The first-order valence-corrected chi connectivity index (χ1v) is 5.70. The van der Waals surface area contributed by atoms with E-state index in [-0.39, 0.29) is 17.9 Å². The fourth-order valence-corrected chi connectivity index (χ4v) is 1.01. The number of hydrogen-bond donors (Lipinski definition) is 0. The summed E-state index contributed by atoms with van der Waals surface area (Å²) in [6.07, 6.45) is 0. The van der Waals surface area contributed by atoms with Crippen molar-refractivity contribution in [2.45, 2.75) is 34.3 Å². The molecular formula is C13H22F2O2. The van der Waals surface area contributed by atoms with Crippen molar-refractivity contribution in [3.63, 3.8) is 0 Å². The highest BCUT2D eigenvalue weighted by atomic mass is 19.1. The van der Waals surface area contributed by atoms with Crippen LogP contribution in [0.4, 0.5) is 8.78 Å². The first-order valence-electron chi connectivity index (χ1n) is 5.70. The van der Waals surface area contributed by atoms with Gasteiger partial charge in [-0.05, 0) is 12.1 Å². The van der Waals surface area contributed by atoms with Gasteiger partial charge in [0.05, 0.1) is 19.3 Å². The average molecular weight is 248 g/mol. The summed E-state index contributed by atoms with van der Waals surface area (Å²) in [5.41, 5.74) is -0.109. The van der Waals surface area contributed by atoms with Crippen LogP contribution in [-0.2, 0) is 11.3 Å². The maximum Gasteiger partial charge on any atom is 0.173 e.